The van der Waals surface area contributed by atoms with Crippen LogP contribution in [0.25, 0.3) is 0 Å². The number of nitrogens with two attached hydrogens (primary N) is 1. The van der Waals surface area contributed by atoms with Crippen LogP contribution in [0.5, 0.6) is 0 Å². The Morgan fingerprint density at radius 2 is 1.97 bits per heavy atom. The number of hydrogen-bond donors (Lipinski definition) is 4. The number of carbonyl (C=O) groups excluding carboxylic acids is 3. The van der Waals surface area contributed by atoms with E-state index in [2.05, 4.69) is 15.4 Å². The molecule has 0 aliphatic carbocycles. The summed E-state index contributed by atoms with van der Waals surface area (Å²) in [5, 5.41) is 17.4. The fourth-order valence-electron chi connectivity index (χ4n) is 3.81. The summed E-state index contributed by atoms with van der Waals surface area (Å²) >= 11 is 5.90. The van der Waals surface area contributed by atoms with Crippen molar-refractivity contribution in [2.75, 3.05) is 19.7 Å². The quantitative estimate of drug-likeness (QED) is 0.155. The van der Waals surface area contributed by atoms with Crippen molar-refractivity contribution in [3.63, 3.8) is 0 Å². The Balaban J connectivity index is 1.70. The Hall–Kier alpha value is -3.76. The van der Waals surface area contributed by atoms with Crippen molar-refractivity contribution < 1.29 is 29.2 Å². The molecular weight excluding hydrogens is 486 g/mol. The first-order chi connectivity index (χ1) is 17.3. The zero-order chi connectivity index (χ0) is 26.1. The van der Waals surface area contributed by atoms with E-state index in [0.29, 0.717) is 21.9 Å². The number of rotatable bonds is 9. The fourth-order valence-corrected chi connectivity index (χ4v) is 3.94. The second-order valence-electron chi connectivity index (χ2n) is 8.13. The van der Waals surface area contributed by atoms with E-state index in [9.17, 15) is 19.5 Å². The van der Waals surface area contributed by atoms with E-state index in [0.717, 1.165) is 5.56 Å². The maximum absolute atomic E-state index is 13.3. The predicted octanol–water partition coefficient (Wildman–Crippen LogP) is -0.391. The average molecular weight is 515 g/mol. The Kier molecular flexibility index (Phi) is 9.54. The molecule has 0 aromatic heterocycles. The number of nitrogens with zero attached hydrogens (tertiary/aromatic N) is 2. The Morgan fingerprint density at radius 3 is 2.67 bits per heavy atom. The van der Waals surface area contributed by atoms with Crippen LogP contribution in [0.4, 0.5) is 0 Å². The van der Waals surface area contributed by atoms with Gasteiger partial charge in [0.05, 0.1) is 12.7 Å². The summed E-state index contributed by atoms with van der Waals surface area (Å²) in [6, 6.07) is 12.8. The van der Waals surface area contributed by atoms with E-state index in [1.807, 2.05) is 0 Å². The lowest BCUT2D eigenvalue weighted by Crippen LogP contribution is -2.72. The minimum Gasteiger partial charge on any atom is -0.461 e. The molecule has 1 aliphatic heterocycles. The Bertz CT molecular complexity index is 1150. The minimum atomic E-state index is -0.816. The summed E-state index contributed by atoms with van der Waals surface area (Å²) in [4.78, 5) is 41.9. The molecule has 2 aromatic rings. The molecule has 1 heterocycles. The third-order valence-electron chi connectivity index (χ3n) is 5.56. The van der Waals surface area contributed by atoms with Crippen LogP contribution in [0.3, 0.4) is 0 Å². The van der Waals surface area contributed by atoms with Crippen molar-refractivity contribution >= 4 is 41.3 Å². The first-order valence-corrected chi connectivity index (χ1v) is 11.8. The molecule has 2 atom stereocenters. The van der Waals surface area contributed by atoms with Gasteiger partial charge in [0, 0.05) is 35.7 Å². The van der Waals surface area contributed by atoms with Crippen LogP contribution in [0.1, 0.15) is 34.8 Å². The lowest BCUT2D eigenvalue weighted by Gasteiger charge is -2.24. The molecule has 0 radical (unpaired) electrons. The number of halogens is 1. The zero-order valence-corrected chi connectivity index (χ0v) is 20.6. The number of ether oxygens (including phenoxy) is 1. The van der Waals surface area contributed by atoms with E-state index in [1.54, 1.807) is 55.5 Å². The Morgan fingerprint density at radius 1 is 1.25 bits per heavy atom. The van der Waals surface area contributed by atoms with Crippen LogP contribution < -0.4 is 16.2 Å². The third-order valence-corrected chi connectivity index (χ3v) is 5.81. The molecule has 0 saturated carbocycles. The SMILES string of the molecule is CCOC(=O)C[NH+]=C/C(=N\N)c1cccc(C(=O)N2C[C@H](O)C[C@H]2C(=O)NCc2ccc(Cl)cc2)c1. The summed E-state index contributed by atoms with van der Waals surface area (Å²) in [7, 11) is 0. The van der Waals surface area contributed by atoms with E-state index >= 15 is 0 Å². The molecule has 10 nitrogen and oxygen atoms in total. The fraction of sp³-hybridized carbons (Fsp3) is 0.320. The number of likely N-dealkylation sites (tertiary alicyclic amines) is 1. The maximum atomic E-state index is 13.3. The number of amides is 2. The second-order valence-corrected chi connectivity index (χ2v) is 8.57. The van der Waals surface area contributed by atoms with Crippen LogP contribution in [0.15, 0.2) is 53.6 Å². The van der Waals surface area contributed by atoms with Gasteiger partial charge in [0.2, 0.25) is 12.5 Å². The summed E-state index contributed by atoms with van der Waals surface area (Å²) in [6.45, 7) is 2.22. The van der Waals surface area contributed by atoms with Gasteiger partial charge in [-0.3, -0.25) is 9.59 Å². The molecule has 3 rings (SSSR count). The number of aliphatic hydroxyl groups is 1. The maximum Gasteiger partial charge on any atom is 0.372 e. The molecule has 11 heteroatoms. The zero-order valence-electron chi connectivity index (χ0n) is 19.8. The number of nitrogens with one attached hydrogen (secondary N) is 2. The summed E-state index contributed by atoms with van der Waals surface area (Å²) in [5.41, 5.74) is 2.01. The van der Waals surface area contributed by atoms with Crippen molar-refractivity contribution in [2.45, 2.75) is 32.0 Å². The third kappa shape index (κ3) is 7.12. The van der Waals surface area contributed by atoms with Gasteiger partial charge in [0.1, 0.15) is 6.04 Å². The topological polar surface area (TPSA) is 148 Å². The molecule has 0 bridgehead atoms. The number of esters is 1. The standard InChI is InChI=1S/C25H28ClN5O5/c1-2-36-23(33)14-28-13-21(30-27)17-4-3-5-18(10-17)25(35)31-15-20(32)11-22(31)24(34)29-12-16-6-8-19(26)9-7-16/h3-10,13,20,22,32H,2,11-12,14-15,27H2,1H3,(H,29,34)/p+1/b28-13?,30-21+/t20-,22+/m1/s1. The number of β-amino-alcohol motifs (C(OH)–C–C–N with tert-alkyl or cyclic N) is 1. The molecule has 5 N–H and O–H groups in total. The van der Waals surface area contributed by atoms with E-state index < -0.39 is 24.0 Å². The second kappa shape index (κ2) is 12.8. The monoisotopic (exact) mass is 514 g/mol. The van der Waals surface area contributed by atoms with Gasteiger partial charge < -0.3 is 25.9 Å². The first kappa shape index (κ1) is 26.8. The highest BCUT2D eigenvalue weighted by Crippen LogP contribution is 2.22. The van der Waals surface area contributed by atoms with Crippen molar-refractivity contribution in [1.82, 2.24) is 10.2 Å². The minimum absolute atomic E-state index is 0.0349. The van der Waals surface area contributed by atoms with Gasteiger partial charge in [0.25, 0.3) is 5.91 Å². The van der Waals surface area contributed by atoms with Gasteiger partial charge in [0.15, 0.2) is 11.9 Å². The number of hydrazone groups is 1. The molecule has 1 fully saturated rings. The summed E-state index contributed by atoms with van der Waals surface area (Å²) < 4.78 is 4.85. The number of aliphatic hydroxyl groups excluding tert-OH is 1. The lowest BCUT2D eigenvalue weighted by atomic mass is 10.1. The highest BCUT2D eigenvalue weighted by molar-refractivity contribution is 6.36. The molecule has 1 aliphatic rings. The highest BCUT2D eigenvalue weighted by Gasteiger charge is 2.39. The predicted molar refractivity (Wildman–Crippen MR) is 134 cm³/mol. The molecule has 0 spiro atoms. The largest absolute Gasteiger partial charge is 0.461 e. The highest BCUT2D eigenvalue weighted by atomic mass is 35.5. The van der Waals surface area contributed by atoms with Crippen molar-refractivity contribution in [2.24, 2.45) is 10.9 Å². The van der Waals surface area contributed by atoms with Crippen molar-refractivity contribution in [3.05, 3.63) is 70.2 Å². The molecule has 190 valence electrons. The Labute approximate surface area is 213 Å². The van der Waals surface area contributed by atoms with E-state index in [4.69, 9.17) is 22.2 Å². The van der Waals surface area contributed by atoms with Crippen molar-refractivity contribution in [1.29, 1.82) is 0 Å². The van der Waals surface area contributed by atoms with E-state index in [1.165, 1.54) is 11.1 Å². The van der Waals surface area contributed by atoms with Gasteiger partial charge in [-0.15, -0.1) is 0 Å². The average Bonchev–Trinajstić information content (AvgIpc) is 3.27. The molecule has 2 amide bonds. The number of hydrogen-bond acceptors (Lipinski definition) is 7. The first-order valence-electron chi connectivity index (χ1n) is 11.4. The van der Waals surface area contributed by atoms with Gasteiger partial charge in [-0.2, -0.15) is 5.10 Å². The normalized spacial score (nSPS) is 17.9. The van der Waals surface area contributed by atoms with Crippen LogP contribution in [0.2, 0.25) is 5.02 Å². The van der Waals surface area contributed by atoms with Gasteiger partial charge in [-0.05, 0) is 36.8 Å². The van der Waals surface area contributed by atoms with Crippen LogP contribution in [0, 0.1) is 0 Å². The summed E-state index contributed by atoms with van der Waals surface area (Å²) in [5.74, 6) is 4.32. The summed E-state index contributed by atoms with van der Waals surface area (Å²) in [6.07, 6.45) is 0.775. The number of benzene rings is 2. The van der Waals surface area contributed by atoms with Gasteiger partial charge in [-0.1, -0.05) is 35.9 Å². The van der Waals surface area contributed by atoms with Crippen molar-refractivity contribution in [3.8, 4) is 0 Å². The van der Waals surface area contributed by atoms with Crippen LogP contribution in [-0.2, 0) is 20.9 Å². The van der Waals surface area contributed by atoms with Crippen LogP contribution in [-0.4, -0.2) is 71.6 Å². The van der Waals surface area contributed by atoms with Crippen LogP contribution >= 0.6 is 11.6 Å². The molecule has 0 unspecified atom stereocenters. The molecular formula is C25H29ClN5O5+. The van der Waals surface area contributed by atoms with Gasteiger partial charge >= 0.3 is 5.97 Å². The molecule has 2 aromatic carbocycles. The number of carbonyl (C=O) groups is 3. The molecule has 1 saturated heterocycles. The van der Waals surface area contributed by atoms with E-state index in [-0.39, 0.29) is 38.6 Å². The molecule has 36 heavy (non-hydrogen) atoms. The smallest absolute Gasteiger partial charge is 0.372 e. The van der Waals surface area contributed by atoms with Gasteiger partial charge in [-0.25, -0.2) is 9.79 Å². The lowest BCUT2D eigenvalue weighted by molar-refractivity contribution is -0.440.